The lowest BCUT2D eigenvalue weighted by Crippen LogP contribution is -2.41. The first-order valence-electron chi connectivity index (χ1n) is 7.26. The fraction of sp³-hybridized carbons (Fsp3) is 0.923. The van der Waals surface area contributed by atoms with Crippen LogP contribution in [0.4, 0.5) is 0 Å². The Morgan fingerprint density at radius 3 is 2.47 bits per heavy atom. The van der Waals surface area contributed by atoms with Gasteiger partial charge in [0.1, 0.15) is 0 Å². The van der Waals surface area contributed by atoms with Crippen molar-refractivity contribution in [3.05, 3.63) is 0 Å². The van der Waals surface area contributed by atoms with Gasteiger partial charge in [0.05, 0.1) is 5.75 Å². The molecule has 1 saturated carbocycles. The average Bonchev–Trinajstić information content (AvgIpc) is 3.23. The summed E-state index contributed by atoms with van der Waals surface area (Å²) in [6, 6.07) is 0. The molecule has 5 nitrogen and oxygen atoms in total. The van der Waals surface area contributed by atoms with Crippen LogP contribution in [0.3, 0.4) is 0 Å². The molecular weight excluding hydrogens is 264 g/mol. The smallest absolute Gasteiger partial charge is 0.223 e. The van der Waals surface area contributed by atoms with Crippen molar-refractivity contribution in [3.63, 3.8) is 0 Å². The number of sulfonamides is 1. The van der Waals surface area contributed by atoms with Gasteiger partial charge in [-0.25, -0.2) is 12.7 Å². The van der Waals surface area contributed by atoms with Crippen molar-refractivity contribution in [1.29, 1.82) is 0 Å². The van der Waals surface area contributed by atoms with Crippen molar-refractivity contribution in [2.45, 2.75) is 39.0 Å². The molecule has 1 aliphatic carbocycles. The van der Waals surface area contributed by atoms with Gasteiger partial charge >= 0.3 is 0 Å². The molecule has 110 valence electrons. The predicted molar refractivity (Wildman–Crippen MR) is 74.1 cm³/mol. The summed E-state index contributed by atoms with van der Waals surface area (Å²) in [5.41, 5.74) is 0. The number of amides is 1. The lowest BCUT2D eigenvalue weighted by atomic mass is 10.1. The summed E-state index contributed by atoms with van der Waals surface area (Å²) in [6.07, 6.45) is 5.26. The number of hydrogen-bond acceptors (Lipinski definition) is 3. The Bertz CT molecular complexity index is 412. The quantitative estimate of drug-likeness (QED) is 0.792. The number of carbonyl (C=O) groups excluding carboxylic acids is 1. The van der Waals surface area contributed by atoms with Crippen LogP contribution in [-0.4, -0.2) is 44.0 Å². The van der Waals surface area contributed by atoms with Crippen molar-refractivity contribution in [2.24, 2.45) is 11.8 Å². The zero-order chi connectivity index (χ0) is 13.9. The van der Waals surface area contributed by atoms with E-state index in [4.69, 9.17) is 0 Å². The molecule has 2 rings (SSSR count). The molecule has 19 heavy (non-hydrogen) atoms. The first kappa shape index (κ1) is 14.8. The topological polar surface area (TPSA) is 66.5 Å². The monoisotopic (exact) mass is 288 g/mol. The van der Waals surface area contributed by atoms with E-state index in [1.807, 2.05) is 6.92 Å². The highest BCUT2D eigenvalue weighted by Crippen LogP contribution is 2.36. The Labute approximate surface area is 115 Å². The van der Waals surface area contributed by atoms with E-state index in [-0.39, 0.29) is 24.1 Å². The third kappa shape index (κ3) is 4.18. The molecule has 0 aromatic heterocycles. The fourth-order valence-corrected chi connectivity index (χ4v) is 3.98. The Hall–Kier alpha value is -0.620. The molecule has 1 saturated heterocycles. The minimum Gasteiger partial charge on any atom is -0.355 e. The lowest BCUT2D eigenvalue weighted by Gasteiger charge is -2.26. The molecule has 0 spiro atoms. The third-order valence-corrected chi connectivity index (χ3v) is 5.98. The van der Waals surface area contributed by atoms with Gasteiger partial charge in [-0.1, -0.05) is 13.3 Å². The van der Waals surface area contributed by atoms with Crippen LogP contribution in [0.1, 0.15) is 39.0 Å². The zero-order valence-corrected chi connectivity index (χ0v) is 12.4. The normalized spacial score (nSPS) is 23.0. The number of hydrogen-bond donors (Lipinski definition) is 1. The summed E-state index contributed by atoms with van der Waals surface area (Å²) in [5.74, 6) is 0.559. The average molecular weight is 288 g/mol. The van der Waals surface area contributed by atoms with E-state index in [0.29, 0.717) is 19.0 Å². The van der Waals surface area contributed by atoms with Gasteiger partial charge in [-0.3, -0.25) is 4.79 Å². The SMILES string of the molecule is CC(C(=O)NCCS(=O)(=O)N1CCCCC1)C1CC1. The van der Waals surface area contributed by atoms with Gasteiger partial charge in [-0.2, -0.15) is 0 Å². The van der Waals surface area contributed by atoms with Crippen LogP contribution < -0.4 is 5.32 Å². The first-order chi connectivity index (χ1) is 9.00. The van der Waals surface area contributed by atoms with Gasteiger partial charge in [0.15, 0.2) is 0 Å². The van der Waals surface area contributed by atoms with Crippen molar-refractivity contribution < 1.29 is 13.2 Å². The number of carbonyl (C=O) groups is 1. The Kier molecular flexibility index (Phi) is 4.84. The molecule has 0 aromatic rings. The lowest BCUT2D eigenvalue weighted by molar-refractivity contribution is -0.124. The summed E-state index contributed by atoms with van der Waals surface area (Å²) in [6.45, 7) is 3.42. The van der Waals surface area contributed by atoms with E-state index < -0.39 is 10.0 Å². The van der Waals surface area contributed by atoms with Crippen LogP contribution in [0, 0.1) is 11.8 Å². The van der Waals surface area contributed by atoms with Crippen LogP contribution in [0.15, 0.2) is 0 Å². The van der Waals surface area contributed by atoms with Gasteiger partial charge in [0.2, 0.25) is 15.9 Å². The van der Waals surface area contributed by atoms with Crippen LogP contribution in [0.25, 0.3) is 0 Å². The van der Waals surface area contributed by atoms with Crippen LogP contribution in [0.5, 0.6) is 0 Å². The van der Waals surface area contributed by atoms with E-state index in [0.717, 1.165) is 32.1 Å². The van der Waals surface area contributed by atoms with E-state index in [2.05, 4.69) is 5.32 Å². The van der Waals surface area contributed by atoms with Crippen molar-refractivity contribution >= 4 is 15.9 Å². The standard InChI is InChI=1S/C13H24N2O3S/c1-11(12-5-6-12)13(16)14-7-10-19(17,18)15-8-3-2-4-9-15/h11-12H,2-10H2,1H3,(H,14,16). The van der Waals surface area contributed by atoms with Crippen LogP contribution in [0.2, 0.25) is 0 Å². The van der Waals surface area contributed by atoms with E-state index in [9.17, 15) is 13.2 Å². The number of nitrogens with zero attached hydrogens (tertiary/aromatic N) is 1. The zero-order valence-electron chi connectivity index (χ0n) is 11.6. The fourth-order valence-electron chi connectivity index (χ4n) is 2.55. The highest BCUT2D eigenvalue weighted by Gasteiger charge is 2.32. The molecule has 1 amide bonds. The van der Waals surface area contributed by atoms with Gasteiger partial charge in [-0.05, 0) is 31.6 Å². The molecule has 1 aliphatic heterocycles. The number of piperidine rings is 1. The second kappa shape index (κ2) is 6.22. The maximum Gasteiger partial charge on any atom is 0.223 e. The summed E-state index contributed by atoms with van der Waals surface area (Å²) in [7, 11) is -3.19. The Morgan fingerprint density at radius 2 is 1.89 bits per heavy atom. The summed E-state index contributed by atoms with van der Waals surface area (Å²) < 4.78 is 25.7. The molecule has 1 unspecified atom stereocenters. The molecule has 0 aromatic carbocycles. The second-order valence-electron chi connectivity index (χ2n) is 5.69. The molecule has 0 radical (unpaired) electrons. The highest BCUT2D eigenvalue weighted by atomic mass is 32.2. The van der Waals surface area contributed by atoms with Gasteiger partial charge in [-0.15, -0.1) is 0 Å². The first-order valence-corrected chi connectivity index (χ1v) is 8.87. The maximum atomic E-state index is 12.1. The summed E-state index contributed by atoms with van der Waals surface area (Å²) in [5, 5.41) is 2.75. The summed E-state index contributed by atoms with van der Waals surface area (Å²) in [4.78, 5) is 11.8. The predicted octanol–water partition coefficient (Wildman–Crippen LogP) is 0.964. The number of rotatable bonds is 6. The maximum absolute atomic E-state index is 12.1. The van der Waals surface area contributed by atoms with Gasteiger partial charge < -0.3 is 5.32 Å². The second-order valence-corrected chi connectivity index (χ2v) is 7.78. The molecule has 0 bridgehead atoms. The number of nitrogens with one attached hydrogen (secondary N) is 1. The molecule has 6 heteroatoms. The Morgan fingerprint density at radius 1 is 1.26 bits per heavy atom. The minimum absolute atomic E-state index is 0.00339. The molecule has 1 N–H and O–H groups in total. The van der Waals surface area contributed by atoms with Gasteiger partial charge in [0.25, 0.3) is 0 Å². The third-order valence-electron chi connectivity index (χ3n) is 4.11. The molecular formula is C13H24N2O3S. The molecule has 2 aliphatic rings. The largest absolute Gasteiger partial charge is 0.355 e. The molecule has 1 heterocycles. The van der Waals surface area contributed by atoms with Crippen LogP contribution >= 0.6 is 0 Å². The van der Waals surface area contributed by atoms with Gasteiger partial charge in [0, 0.05) is 25.6 Å². The highest BCUT2D eigenvalue weighted by molar-refractivity contribution is 7.89. The van der Waals surface area contributed by atoms with E-state index in [1.54, 1.807) is 4.31 Å². The van der Waals surface area contributed by atoms with Crippen molar-refractivity contribution in [1.82, 2.24) is 9.62 Å². The van der Waals surface area contributed by atoms with E-state index >= 15 is 0 Å². The molecule has 2 fully saturated rings. The Balaban J connectivity index is 1.73. The van der Waals surface area contributed by atoms with Crippen LogP contribution in [-0.2, 0) is 14.8 Å². The van der Waals surface area contributed by atoms with Crippen molar-refractivity contribution in [2.75, 3.05) is 25.4 Å². The minimum atomic E-state index is -3.19. The van der Waals surface area contributed by atoms with E-state index in [1.165, 1.54) is 0 Å². The summed E-state index contributed by atoms with van der Waals surface area (Å²) >= 11 is 0. The molecule has 1 atom stereocenters. The van der Waals surface area contributed by atoms with Crippen molar-refractivity contribution in [3.8, 4) is 0 Å².